The molecule has 0 aromatic heterocycles. The van der Waals surface area contributed by atoms with Crippen molar-refractivity contribution in [1.82, 2.24) is 14.7 Å². The Morgan fingerprint density at radius 1 is 1.11 bits per heavy atom. The monoisotopic (exact) mass is 389 g/mol. The van der Waals surface area contributed by atoms with E-state index < -0.39 is 17.8 Å². The standard InChI is InChI=1S/C21H28FN3O3/c1-3-25-19(27)10-9-17(20(25)16-7-4-5-8-18(16)22)21(28)24-12-6-11-23(13-14-24)15(2)26/h4-5,7-8,17,20H,3,6,9-14H2,1-2H3/t17-,20+/m1/s1. The van der Waals surface area contributed by atoms with Crippen LogP contribution in [0.25, 0.3) is 0 Å². The van der Waals surface area contributed by atoms with Crippen molar-refractivity contribution >= 4 is 17.7 Å². The molecule has 3 rings (SSSR count). The van der Waals surface area contributed by atoms with Gasteiger partial charge in [-0.2, -0.15) is 0 Å². The molecule has 6 nitrogen and oxygen atoms in total. The van der Waals surface area contributed by atoms with E-state index in [1.54, 1.807) is 32.9 Å². The van der Waals surface area contributed by atoms with Gasteiger partial charge in [0.2, 0.25) is 17.7 Å². The summed E-state index contributed by atoms with van der Waals surface area (Å²) in [5, 5.41) is 0. The molecular formula is C21H28FN3O3. The molecule has 0 spiro atoms. The minimum absolute atomic E-state index is 0.0129. The van der Waals surface area contributed by atoms with Gasteiger partial charge in [-0.1, -0.05) is 18.2 Å². The molecule has 0 radical (unpaired) electrons. The summed E-state index contributed by atoms with van der Waals surface area (Å²) in [5.74, 6) is -0.947. The van der Waals surface area contributed by atoms with Gasteiger partial charge in [0, 0.05) is 51.6 Å². The van der Waals surface area contributed by atoms with Crippen LogP contribution < -0.4 is 0 Å². The lowest BCUT2D eigenvalue weighted by atomic mass is 9.83. The highest BCUT2D eigenvalue weighted by Crippen LogP contribution is 2.38. The van der Waals surface area contributed by atoms with Gasteiger partial charge in [-0.05, 0) is 25.8 Å². The number of likely N-dealkylation sites (tertiary alicyclic amines) is 1. The Morgan fingerprint density at radius 2 is 1.79 bits per heavy atom. The fraction of sp³-hybridized carbons (Fsp3) is 0.571. The third kappa shape index (κ3) is 4.03. The second-order valence-electron chi connectivity index (χ2n) is 7.48. The number of hydrogen-bond donors (Lipinski definition) is 0. The van der Waals surface area contributed by atoms with Crippen LogP contribution in [0.2, 0.25) is 0 Å². The normalized spacial score (nSPS) is 23.5. The summed E-state index contributed by atoms with van der Waals surface area (Å²) in [6.45, 7) is 6.02. The molecule has 3 amide bonds. The lowest BCUT2D eigenvalue weighted by Crippen LogP contribution is -2.49. The number of benzene rings is 1. The van der Waals surface area contributed by atoms with Crippen molar-refractivity contribution in [1.29, 1.82) is 0 Å². The van der Waals surface area contributed by atoms with Gasteiger partial charge in [-0.25, -0.2) is 4.39 Å². The molecule has 2 fully saturated rings. The molecule has 1 aromatic rings. The van der Waals surface area contributed by atoms with Crippen molar-refractivity contribution < 1.29 is 18.8 Å². The number of amides is 3. The number of nitrogens with zero attached hydrogens (tertiary/aromatic N) is 3. The van der Waals surface area contributed by atoms with Crippen LogP contribution in [0.4, 0.5) is 4.39 Å². The second kappa shape index (κ2) is 8.71. The van der Waals surface area contributed by atoms with E-state index in [9.17, 15) is 18.8 Å². The largest absolute Gasteiger partial charge is 0.341 e. The maximum Gasteiger partial charge on any atom is 0.228 e. The molecule has 2 aliphatic rings. The maximum absolute atomic E-state index is 14.6. The minimum Gasteiger partial charge on any atom is -0.341 e. The summed E-state index contributed by atoms with van der Waals surface area (Å²) < 4.78 is 14.6. The van der Waals surface area contributed by atoms with E-state index in [2.05, 4.69) is 0 Å². The highest BCUT2D eigenvalue weighted by atomic mass is 19.1. The Labute approximate surface area is 165 Å². The van der Waals surface area contributed by atoms with E-state index in [1.807, 2.05) is 6.92 Å². The summed E-state index contributed by atoms with van der Waals surface area (Å²) in [6, 6.07) is 5.81. The quantitative estimate of drug-likeness (QED) is 0.796. The fourth-order valence-electron chi connectivity index (χ4n) is 4.37. The van der Waals surface area contributed by atoms with E-state index >= 15 is 0 Å². The van der Waals surface area contributed by atoms with Crippen LogP contribution in [0.15, 0.2) is 24.3 Å². The first-order chi connectivity index (χ1) is 13.4. The van der Waals surface area contributed by atoms with E-state index in [1.165, 1.54) is 13.0 Å². The van der Waals surface area contributed by atoms with Gasteiger partial charge in [0.25, 0.3) is 0 Å². The number of halogens is 1. The fourth-order valence-corrected chi connectivity index (χ4v) is 4.37. The molecule has 0 bridgehead atoms. The molecule has 7 heteroatoms. The predicted octanol–water partition coefficient (Wildman–Crippen LogP) is 2.21. The Hall–Kier alpha value is -2.44. The van der Waals surface area contributed by atoms with Gasteiger partial charge in [0.1, 0.15) is 5.82 Å². The van der Waals surface area contributed by atoms with Crippen LogP contribution >= 0.6 is 0 Å². The second-order valence-corrected chi connectivity index (χ2v) is 7.48. The first-order valence-corrected chi connectivity index (χ1v) is 10.0. The summed E-state index contributed by atoms with van der Waals surface area (Å²) in [6.07, 6.45) is 1.43. The summed E-state index contributed by atoms with van der Waals surface area (Å²) in [5.41, 5.74) is 0.399. The smallest absolute Gasteiger partial charge is 0.228 e. The summed E-state index contributed by atoms with van der Waals surface area (Å²) in [7, 11) is 0. The molecule has 1 aromatic carbocycles. The van der Waals surface area contributed by atoms with Crippen LogP contribution in [0.5, 0.6) is 0 Å². The van der Waals surface area contributed by atoms with E-state index in [0.29, 0.717) is 51.1 Å². The molecule has 2 saturated heterocycles. The van der Waals surface area contributed by atoms with Gasteiger partial charge in [-0.15, -0.1) is 0 Å². The van der Waals surface area contributed by atoms with E-state index in [0.717, 1.165) is 6.42 Å². The van der Waals surface area contributed by atoms with Gasteiger partial charge in [-0.3, -0.25) is 14.4 Å². The minimum atomic E-state index is -0.591. The summed E-state index contributed by atoms with van der Waals surface area (Å²) >= 11 is 0. The van der Waals surface area contributed by atoms with Crippen molar-refractivity contribution in [3.05, 3.63) is 35.6 Å². The Bertz CT molecular complexity index is 754. The van der Waals surface area contributed by atoms with Crippen LogP contribution in [0, 0.1) is 11.7 Å². The molecule has 2 heterocycles. The highest BCUT2D eigenvalue weighted by Gasteiger charge is 2.42. The molecule has 152 valence electrons. The van der Waals surface area contributed by atoms with Crippen molar-refractivity contribution in [2.24, 2.45) is 5.92 Å². The molecule has 0 N–H and O–H groups in total. The number of piperidine rings is 1. The zero-order valence-electron chi connectivity index (χ0n) is 16.6. The van der Waals surface area contributed by atoms with Gasteiger partial charge in [0.05, 0.1) is 12.0 Å². The lowest BCUT2D eigenvalue weighted by Gasteiger charge is -2.42. The van der Waals surface area contributed by atoms with Crippen molar-refractivity contribution in [3.63, 3.8) is 0 Å². The van der Waals surface area contributed by atoms with Gasteiger partial charge in [0.15, 0.2) is 0 Å². The average Bonchev–Trinajstić information content (AvgIpc) is 2.94. The van der Waals surface area contributed by atoms with Crippen molar-refractivity contribution in [2.45, 2.75) is 39.2 Å². The molecule has 0 unspecified atom stereocenters. The van der Waals surface area contributed by atoms with E-state index in [-0.39, 0.29) is 17.7 Å². The Kier molecular flexibility index (Phi) is 6.31. The zero-order chi connectivity index (χ0) is 20.3. The molecule has 2 aliphatic heterocycles. The third-order valence-electron chi connectivity index (χ3n) is 5.84. The molecular weight excluding hydrogens is 361 g/mol. The third-order valence-corrected chi connectivity index (χ3v) is 5.84. The first-order valence-electron chi connectivity index (χ1n) is 10.0. The topological polar surface area (TPSA) is 60.9 Å². The van der Waals surface area contributed by atoms with Crippen LogP contribution in [-0.2, 0) is 14.4 Å². The van der Waals surface area contributed by atoms with Gasteiger partial charge < -0.3 is 14.7 Å². The van der Waals surface area contributed by atoms with Crippen LogP contribution in [0.3, 0.4) is 0 Å². The predicted molar refractivity (Wildman–Crippen MR) is 103 cm³/mol. The lowest BCUT2D eigenvalue weighted by molar-refractivity contribution is -0.148. The Morgan fingerprint density at radius 3 is 2.46 bits per heavy atom. The molecule has 0 saturated carbocycles. The number of hydrogen-bond acceptors (Lipinski definition) is 3. The Balaban J connectivity index is 1.87. The molecule has 28 heavy (non-hydrogen) atoms. The number of rotatable bonds is 3. The average molecular weight is 389 g/mol. The van der Waals surface area contributed by atoms with Gasteiger partial charge >= 0.3 is 0 Å². The molecule has 0 aliphatic carbocycles. The SMILES string of the molecule is CCN1C(=O)CC[C@@H](C(=O)N2CCCN(C(C)=O)CC2)[C@@H]1c1ccccc1F. The van der Waals surface area contributed by atoms with E-state index in [4.69, 9.17) is 0 Å². The maximum atomic E-state index is 14.6. The van der Waals surface area contributed by atoms with Crippen LogP contribution in [0.1, 0.15) is 44.7 Å². The first kappa shape index (κ1) is 20.3. The molecule has 2 atom stereocenters. The van der Waals surface area contributed by atoms with Crippen LogP contribution in [-0.4, -0.2) is 65.1 Å². The van der Waals surface area contributed by atoms with Crippen molar-refractivity contribution in [2.75, 3.05) is 32.7 Å². The number of carbonyl (C=O) groups excluding carboxylic acids is 3. The highest BCUT2D eigenvalue weighted by molar-refractivity contribution is 5.85. The number of carbonyl (C=O) groups is 3. The zero-order valence-corrected chi connectivity index (χ0v) is 16.6. The summed E-state index contributed by atoms with van der Waals surface area (Å²) in [4.78, 5) is 42.7. The van der Waals surface area contributed by atoms with Crippen molar-refractivity contribution in [3.8, 4) is 0 Å².